The zero-order valence-electron chi connectivity index (χ0n) is 15.5. The smallest absolute Gasteiger partial charge is 0.250 e. The molecule has 1 aliphatic heterocycles. The molecule has 146 valence electrons. The standard InChI is InChI=1S/C21H21F2N3O2/c1-25(14-8-9-15(22)16(23)12-14)13-19(27)26-18-7-3-2-6-17(18)24-20(28)21(26)10-4-5-11-21/h2-3,6-9,12H,4-5,10-11,13H2,1H3,(H,24,28). The molecule has 1 heterocycles. The average molecular weight is 385 g/mol. The Bertz CT molecular complexity index is 941. The highest BCUT2D eigenvalue weighted by atomic mass is 19.2. The number of carbonyl (C=O) groups excluding carboxylic acids is 2. The Morgan fingerprint density at radius 1 is 1.14 bits per heavy atom. The molecule has 28 heavy (non-hydrogen) atoms. The third kappa shape index (κ3) is 2.91. The molecule has 1 spiro atoms. The van der Waals surface area contributed by atoms with E-state index in [1.807, 2.05) is 18.2 Å². The molecular weight excluding hydrogens is 364 g/mol. The number of amides is 2. The average Bonchev–Trinajstić information content (AvgIpc) is 3.15. The van der Waals surface area contributed by atoms with Gasteiger partial charge < -0.3 is 10.2 Å². The number of anilines is 3. The predicted octanol–water partition coefficient (Wildman–Crippen LogP) is 3.70. The minimum Gasteiger partial charge on any atom is -0.365 e. The minimum absolute atomic E-state index is 0.0611. The van der Waals surface area contributed by atoms with Crippen molar-refractivity contribution in [1.29, 1.82) is 0 Å². The first kappa shape index (κ1) is 18.4. The van der Waals surface area contributed by atoms with Gasteiger partial charge in [0.1, 0.15) is 5.54 Å². The molecule has 0 saturated heterocycles. The molecule has 0 unspecified atom stereocenters. The number of nitrogens with zero attached hydrogens (tertiary/aromatic N) is 2. The van der Waals surface area contributed by atoms with Crippen LogP contribution in [0.5, 0.6) is 0 Å². The van der Waals surface area contributed by atoms with Crippen molar-refractivity contribution >= 4 is 28.9 Å². The van der Waals surface area contributed by atoms with Gasteiger partial charge in [-0.25, -0.2) is 8.78 Å². The third-order valence-corrected chi connectivity index (χ3v) is 5.64. The van der Waals surface area contributed by atoms with Crippen molar-refractivity contribution in [3.63, 3.8) is 0 Å². The van der Waals surface area contributed by atoms with Crippen LogP contribution >= 0.6 is 0 Å². The molecule has 2 aromatic carbocycles. The second-order valence-electron chi connectivity index (χ2n) is 7.39. The lowest BCUT2D eigenvalue weighted by Gasteiger charge is -2.44. The van der Waals surface area contributed by atoms with E-state index in [0.717, 1.165) is 25.0 Å². The number of carbonyl (C=O) groups is 2. The van der Waals surface area contributed by atoms with Gasteiger partial charge in [0.2, 0.25) is 5.91 Å². The van der Waals surface area contributed by atoms with Crippen LogP contribution in [-0.2, 0) is 9.59 Å². The second-order valence-corrected chi connectivity index (χ2v) is 7.39. The summed E-state index contributed by atoms with van der Waals surface area (Å²) in [5.74, 6) is -2.31. The highest BCUT2D eigenvalue weighted by Gasteiger charge is 2.52. The highest BCUT2D eigenvalue weighted by Crippen LogP contribution is 2.45. The van der Waals surface area contributed by atoms with Gasteiger partial charge in [0.15, 0.2) is 11.6 Å². The third-order valence-electron chi connectivity index (χ3n) is 5.64. The Morgan fingerprint density at radius 2 is 1.86 bits per heavy atom. The normalized spacial score (nSPS) is 17.4. The van der Waals surface area contributed by atoms with Crippen molar-refractivity contribution in [2.24, 2.45) is 0 Å². The molecule has 4 rings (SSSR count). The fourth-order valence-electron chi connectivity index (χ4n) is 4.22. The summed E-state index contributed by atoms with van der Waals surface area (Å²) < 4.78 is 26.8. The first-order valence-electron chi connectivity index (χ1n) is 9.32. The van der Waals surface area contributed by atoms with E-state index in [2.05, 4.69) is 5.32 Å². The van der Waals surface area contributed by atoms with Crippen molar-refractivity contribution in [2.75, 3.05) is 28.7 Å². The van der Waals surface area contributed by atoms with Gasteiger partial charge in [-0.15, -0.1) is 0 Å². The SMILES string of the molecule is CN(CC(=O)N1c2ccccc2NC(=O)C12CCCC2)c1ccc(F)c(F)c1. The molecule has 1 N–H and O–H groups in total. The minimum atomic E-state index is -0.966. The molecular formula is C21H21F2N3O2. The number of halogens is 2. The summed E-state index contributed by atoms with van der Waals surface area (Å²) in [6.45, 7) is -0.0611. The summed E-state index contributed by atoms with van der Waals surface area (Å²) in [5, 5.41) is 2.94. The molecule has 7 heteroatoms. The van der Waals surface area contributed by atoms with Crippen LogP contribution < -0.4 is 15.1 Å². The number of likely N-dealkylation sites (N-methyl/N-ethyl adjacent to an activating group) is 1. The van der Waals surface area contributed by atoms with E-state index in [1.54, 1.807) is 22.9 Å². The molecule has 0 bridgehead atoms. The zero-order valence-corrected chi connectivity index (χ0v) is 15.5. The van der Waals surface area contributed by atoms with Crippen molar-refractivity contribution in [2.45, 2.75) is 31.2 Å². The maximum atomic E-state index is 13.6. The zero-order chi connectivity index (χ0) is 19.9. The van der Waals surface area contributed by atoms with Crippen LogP contribution in [0, 0.1) is 11.6 Å². The number of rotatable bonds is 3. The summed E-state index contributed by atoms with van der Waals surface area (Å²) >= 11 is 0. The van der Waals surface area contributed by atoms with Crippen molar-refractivity contribution in [3.8, 4) is 0 Å². The van der Waals surface area contributed by atoms with Gasteiger partial charge in [-0.1, -0.05) is 25.0 Å². The van der Waals surface area contributed by atoms with Crippen LogP contribution in [0.4, 0.5) is 25.8 Å². The Balaban J connectivity index is 1.67. The molecule has 1 fully saturated rings. The summed E-state index contributed by atoms with van der Waals surface area (Å²) in [7, 11) is 1.64. The van der Waals surface area contributed by atoms with Crippen molar-refractivity contribution in [1.82, 2.24) is 0 Å². The maximum absolute atomic E-state index is 13.6. The molecule has 0 radical (unpaired) electrons. The Kier molecular flexibility index (Phi) is 4.53. The van der Waals surface area contributed by atoms with Crippen LogP contribution in [0.2, 0.25) is 0 Å². The second kappa shape index (κ2) is 6.89. The largest absolute Gasteiger partial charge is 0.365 e. The van der Waals surface area contributed by atoms with Gasteiger partial charge in [-0.05, 0) is 37.1 Å². The number of nitrogens with one attached hydrogen (secondary N) is 1. The van der Waals surface area contributed by atoms with Gasteiger partial charge in [0.05, 0.1) is 17.9 Å². The summed E-state index contributed by atoms with van der Waals surface area (Å²) in [5.41, 5.74) is 0.782. The van der Waals surface area contributed by atoms with Crippen LogP contribution in [0.15, 0.2) is 42.5 Å². The summed E-state index contributed by atoms with van der Waals surface area (Å²) in [6, 6.07) is 10.8. The topological polar surface area (TPSA) is 52.7 Å². The molecule has 2 amide bonds. The Labute approximate surface area is 161 Å². The predicted molar refractivity (Wildman–Crippen MR) is 103 cm³/mol. The van der Waals surface area contributed by atoms with E-state index in [1.165, 1.54) is 6.07 Å². The fraction of sp³-hybridized carbons (Fsp3) is 0.333. The number of fused-ring (bicyclic) bond motifs is 1. The van der Waals surface area contributed by atoms with Crippen LogP contribution in [-0.4, -0.2) is 30.9 Å². The van der Waals surface area contributed by atoms with Crippen molar-refractivity contribution < 1.29 is 18.4 Å². The van der Waals surface area contributed by atoms with E-state index < -0.39 is 17.2 Å². The van der Waals surface area contributed by atoms with Gasteiger partial charge in [-0.3, -0.25) is 14.5 Å². The van der Waals surface area contributed by atoms with Crippen molar-refractivity contribution in [3.05, 3.63) is 54.1 Å². The lowest BCUT2D eigenvalue weighted by molar-refractivity contribution is -0.126. The Morgan fingerprint density at radius 3 is 2.57 bits per heavy atom. The van der Waals surface area contributed by atoms with E-state index in [4.69, 9.17) is 0 Å². The van der Waals surface area contributed by atoms with E-state index in [9.17, 15) is 18.4 Å². The monoisotopic (exact) mass is 385 g/mol. The molecule has 5 nitrogen and oxygen atoms in total. The fourth-order valence-corrected chi connectivity index (χ4v) is 4.22. The quantitative estimate of drug-likeness (QED) is 0.877. The Hall–Kier alpha value is -2.96. The number of benzene rings is 2. The number of para-hydroxylation sites is 2. The number of hydrogen-bond donors (Lipinski definition) is 1. The van der Waals surface area contributed by atoms with Crippen LogP contribution in [0.25, 0.3) is 0 Å². The maximum Gasteiger partial charge on any atom is 0.250 e. The first-order chi connectivity index (χ1) is 13.4. The van der Waals surface area contributed by atoms with Crippen LogP contribution in [0.3, 0.4) is 0 Å². The highest BCUT2D eigenvalue weighted by molar-refractivity contribution is 6.15. The molecule has 0 atom stereocenters. The van der Waals surface area contributed by atoms with E-state index in [0.29, 0.717) is 29.9 Å². The molecule has 1 saturated carbocycles. The van der Waals surface area contributed by atoms with Gasteiger partial charge in [0, 0.05) is 18.8 Å². The summed E-state index contributed by atoms with van der Waals surface area (Å²) in [6.07, 6.45) is 2.96. The first-order valence-corrected chi connectivity index (χ1v) is 9.32. The van der Waals surface area contributed by atoms with E-state index >= 15 is 0 Å². The van der Waals surface area contributed by atoms with Gasteiger partial charge >= 0.3 is 0 Å². The molecule has 2 aliphatic rings. The molecule has 2 aromatic rings. The number of hydrogen-bond acceptors (Lipinski definition) is 3. The molecule has 0 aromatic heterocycles. The molecule has 1 aliphatic carbocycles. The van der Waals surface area contributed by atoms with E-state index in [-0.39, 0.29) is 18.4 Å². The lowest BCUT2D eigenvalue weighted by atomic mass is 9.89. The lowest BCUT2D eigenvalue weighted by Crippen LogP contribution is -2.62. The van der Waals surface area contributed by atoms with Gasteiger partial charge in [0.25, 0.3) is 5.91 Å². The van der Waals surface area contributed by atoms with Crippen LogP contribution in [0.1, 0.15) is 25.7 Å². The summed E-state index contributed by atoms with van der Waals surface area (Å²) in [4.78, 5) is 29.4. The van der Waals surface area contributed by atoms with Gasteiger partial charge in [-0.2, -0.15) is 0 Å².